The van der Waals surface area contributed by atoms with Gasteiger partial charge in [-0.15, -0.1) is 0 Å². The number of ether oxygens (including phenoxy) is 1. The molecule has 1 aromatic heterocycles. The first-order valence-corrected chi connectivity index (χ1v) is 5.90. The Morgan fingerprint density at radius 2 is 2.24 bits per heavy atom. The van der Waals surface area contributed by atoms with Crippen LogP contribution in [0.5, 0.6) is 6.01 Å². The molecule has 0 fully saturated rings. The smallest absolute Gasteiger partial charge is 0.299 e. The summed E-state index contributed by atoms with van der Waals surface area (Å²) in [7, 11) is 1.53. The van der Waals surface area contributed by atoms with E-state index in [4.69, 9.17) is 4.74 Å². The van der Waals surface area contributed by atoms with Gasteiger partial charge in [-0.25, -0.2) is 4.98 Å². The number of aromatic nitrogens is 2. The lowest BCUT2D eigenvalue weighted by Gasteiger charge is -2.12. The first kappa shape index (κ1) is 13.7. The van der Waals surface area contributed by atoms with Crippen molar-refractivity contribution in [1.29, 1.82) is 0 Å². The second kappa shape index (κ2) is 6.39. The molecule has 0 aliphatic heterocycles. The highest BCUT2D eigenvalue weighted by molar-refractivity contribution is 5.06. The van der Waals surface area contributed by atoms with E-state index in [-0.39, 0.29) is 5.56 Å². The Bertz CT molecular complexity index is 413. The molecular weight excluding hydrogens is 218 g/mol. The molecule has 1 rings (SSSR count). The third-order valence-electron chi connectivity index (χ3n) is 2.39. The molecule has 1 heterocycles. The average molecular weight is 239 g/mol. The van der Waals surface area contributed by atoms with Crippen molar-refractivity contribution >= 4 is 0 Å². The second-order valence-corrected chi connectivity index (χ2v) is 4.34. The van der Waals surface area contributed by atoms with Crippen LogP contribution >= 0.6 is 0 Å². The Balaban J connectivity index is 2.67. The topological polar surface area (TPSA) is 56.1 Å². The van der Waals surface area contributed by atoms with E-state index in [0.29, 0.717) is 24.3 Å². The summed E-state index contributed by atoms with van der Waals surface area (Å²) in [6.07, 6.45) is 0.874. The minimum atomic E-state index is -0.0566. The summed E-state index contributed by atoms with van der Waals surface area (Å²) in [5.41, 5.74) is 0.627. The van der Waals surface area contributed by atoms with Gasteiger partial charge in [-0.05, 0) is 19.9 Å². The third-order valence-corrected chi connectivity index (χ3v) is 2.39. The van der Waals surface area contributed by atoms with Crippen molar-refractivity contribution in [3.8, 4) is 6.01 Å². The van der Waals surface area contributed by atoms with E-state index < -0.39 is 0 Å². The highest BCUT2D eigenvalue weighted by atomic mass is 16.5. The van der Waals surface area contributed by atoms with Gasteiger partial charge in [0.15, 0.2) is 0 Å². The summed E-state index contributed by atoms with van der Waals surface area (Å²) in [6.45, 7) is 7.48. The normalized spacial score (nSPS) is 10.9. The molecule has 0 aromatic carbocycles. The lowest BCUT2D eigenvalue weighted by atomic mass is 10.3. The van der Waals surface area contributed by atoms with Gasteiger partial charge >= 0.3 is 0 Å². The molecule has 0 amide bonds. The molecule has 1 N–H and O–H groups in total. The molecule has 5 heteroatoms. The molecule has 0 saturated carbocycles. The van der Waals surface area contributed by atoms with Crippen LogP contribution in [0.15, 0.2) is 10.9 Å². The van der Waals surface area contributed by atoms with E-state index in [1.165, 1.54) is 13.2 Å². The van der Waals surface area contributed by atoms with Crippen LogP contribution in [0.2, 0.25) is 0 Å². The lowest BCUT2D eigenvalue weighted by Crippen LogP contribution is -2.27. The third kappa shape index (κ3) is 4.19. The quantitative estimate of drug-likeness (QED) is 0.751. The van der Waals surface area contributed by atoms with Crippen LogP contribution in [0.4, 0.5) is 0 Å². The van der Waals surface area contributed by atoms with E-state index in [1.807, 2.05) is 0 Å². The van der Waals surface area contributed by atoms with Gasteiger partial charge in [0.25, 0.3) is 11.6 Å². The molecule has 0 radical (unpaired) electrons. The predicted octanol–water partition coefficient (Wildman–Crippen LogP) is 0.948. The van der Waals surface area contributed by atoms with Gasteiger partial charge in [-0.3, -0.25) is 9.36 Å². The van der Waals surface area contributed by atoms with E-state index in [2.05, 4.69) is 24.1 Å². The van der Waals surface area contributed by atoms with Crippen LogP contribution in [0.3, 0.4) is 0 Å². The fourth-order valence-electron chi connectivity index (χ4n) is 1.58. The lowest BCUT2D eigenvalue weighted by molar-refractivity contribution is 0.341. The molecule has 17 heavy (non-hydrogen) atoms. The molecule has 0 aliphatic rings. The Morgan fingerprint density at radius 3 is 2.82 bits per heavy atom. The zero-order valence-electron chi connectivity index (χ0n) is 11.0. The minimum Gasteiger partial charge on any atom is -0.468 e. The largest absolute Gasteiger partial charge is 0.468 e. The first-order chi connectivity index (χ1) is 8.04. The van der Waals surface area contributed by atoms with Crippen LogP contribution in [-0.4, -0.2) is 29.2 Å². The van der Waals surface area contributed by atoms with Gasteiger partial charge in [0, 0.05) is 24.3 Å². The molecule has 0 bridgehead atoms. The van der Waals surface area contributed by atoms with Crippen LogP contribution in [-0.2, 0) is 6.54 Å². The molecule has 0 saturated heterocycles. The maximum absolute atomic E-state index is 11.8. The summed E-state index contributed by atoms with van der Waals surface area (Å²) in [6, 6.07) is 2.38. The van der Waals surface area contributed by atoms with Gasteiger partial charge in [0.2, 0.25) is 0 Å². The number of rotatable bonds is 6. The van der Waals surface area contributed by atoms with Crippen LogP contribution < -0.4 is 15.6 Å². The van der Waals surface area contributed by atoms with Crippen LogP contribution in [0, 0.1) is 6.92 Å². The van der Waals surface area contributed by atoms with E-state index >= 15 is 0 Å². The monoisotopic (exact) mass is 239 g/mol. The Kier molecular flexibility index (Phi) is 5.15. The number of aryl methyl sites for hydroxylation is 1. The van der Waals surface area contributed by atoms with Crippen molar-refractivity contribution in [2.24, 2.45) is 0 Å². The van der Waals surface area contributed by atoms with Gasteiger partial charge in [-0.1, -0.05) is 13.8 Å². The highest BCUT2D eigenvalue weighted by Gasteiger charge is 2.06. The number of hydrogen-bond donors (Lipinski definition) is 1. The van der Waals surface area contributed by atoms with Crippen molar-refractivity contribution in [2.75, 3.05) is 13.7 Å². The standard InChI is InChI=1S/C12H21N3O2/c1-9(2)13-6-5-7-15-11(16)8-10(3)14-12(15)17-4/h8-9,13H,5-7H2,1-4H3. The zero-order chi connectivity index (χ0) is 12.8. The molecule has 96 valence electrons. The fourth-order valence-corrected chi connectivity index (χ4v) is 1.58. The van der Waals surface area contributed by atoms with E-state index in [1.54, 1.807) is 11.5 Å². The summed E-state index contributed by atoms with van der Waals surface area (Å²) < 4.78 is 6.68. The number of nitrogens with one attached hydrogen (secondary N) is 1. The van der Waals surface area contributed by atoms with E-state index in [0.717, 1.165) is 13.0 Å². The van der Waals surface area contributed by atoms with Gasteiger partial charge < -0.3 is 10.1 Å². The van der Waals surface area contributed by atoms with Gasteiger partial charge in [0.05, 0.1) is 7.11 Å². The minimum absolute atomic E-state index is 0.0566. The summed E-state index contributed by atoms with van der Waals surface area (Å²) >= 11 is 0. The van der Waals surface area contributed by atoms with Crippen molar-refractivity contribution in [2.45, 2.75) is 39.8 Å². The maximum atomic E-state index is 11.8. The van der Waals surface area contributed by atoms with Gasteiger partial charge in [0.1, 0.15) is 0 Å². The summed E-state index contributed by atoms with van der Waals surface area (Å²) in [5, 5.41) is 3.31. The van der Waals surface area contributed by atoms with Crippen molar-refractivity contribution < 1.29 is 4.74 Å². The number of hydrogen-bond acceptors (Lipinski definition) is 4. The van der Waals surface area contributed by atoms with Crippen molar-refractivity contribution in [1.82, 2.24) is 14.9 Å². The number of nitrogens with zero attached hydrogens (tertiary/aromatic N) is 2. The van der Waals surface area contributed by atoms with Crippen molar-refractivity contribution in [3.05, 3.63) is 22.1 Å². The summed E-state index contributed by atoms with van der Waals surface area (Å²) in [4.78, 5) is 16.0. The Labute approximate surface area is 102 Å². The Hall–Kier alpha value is -1.36. The number of methoxy groups -OCH3 is 1. The second-order valence-electron chi connectivity index (χ2n) is 4.34. The van der Waals surface area contributed by atoms with Gasteiger partial charge in [-0.2, -0.15) is 0 Å². The van der Waals surface area contributed by atoms with E-state index in [9.17, 15) is 4.79 Å². The molecule has 5 nitrogen and oxygen atoms in total. The van der Waals surface area contributed by atoms with Crippen LogP contribution in [0.25, 0.3) is 0 Å². The summed E-state index contributed by atoms with van der Waals surface area (Å²) in [5.74, 6) is 0. The first-order valence-electron chi connectivity index (χ1n) is 5.90. The fraction of sp³-hybridized carbons (Fsp3) is 0.667. The molecule has 1 aromatic rings. The molecule has 0 unspecified atom stereocenters. The maximum Gasteiger partial charge on any atom is 0.299 e. The molecule has 0 atom stereocenters. The Morgan fingerprint density at radius 1 is 1.53 bits per heavy atom. The molecule has 0 aliphatic carbocycles. The van der Waals surface area contributed by atoms with Crippen molar-refractivity contribution in [3.63, 3.8) is 0 Å². The SMILES string of the molecule is COc1nc(C)cc(=O)n1CCCNC(C)C. The highest BCUT2D eigenvalue weighted by Crippen LogP contribution is 2.04. The molecular formula is C12H21N3O2. The molecule has 0 spiro atoms. The van der Waals surface area contributed by atoms with Crippen LogP contribution in [0.1, 0.15) is 26.0 Å². The zero-order valence-corrected chi connectivity index (χ0v) is 11.0. The average Bonchev–Trinajstić information content (AvgIpc) is 2.25. The predicted molar refractivity (Wildman–Crippen MR) is 67.5 cm³/mol.